The van der Waals surface area contributed by atoms with E-state index in [-0.39, 0.29) is 48.8 Å². The second kappa shape index (κ2) is 9.45. The molecule has 0 saturated carbocycles. The summed E-state index contributed by atoms with van der Waals surface area (Å²) in [5.74, 6) is -2.28. The van der Waals surface area contributed by atoms with Crippen LogP contribution in [0.5, 0.6) is 5.75 Å². The minimum atomic E-state index is -4.31. The van der Waals surface area contributed by atoms with Crippen molar-refractivity contribution in [2.75, 3.05) is 17.9 Å². The van der Waals surface area contributed by atoms with Gasteiger partial charge >= 0.3 is 6.18 Å². The molecule has 0 radical (unpaired) electrons. The summed E-state index contributed by atoms with van der Waals surface area (Å²) in [6.45, 7) is 2.28. The molecule has 14 heteroatoms. The number of fused-ring (bicyclic) bond motifs is 1. The average Bonchev–Trinajstić information content (AvgIpc) is 3.48. The minimum absolute atomic E-state index is 0.0681. The zero-order valence-electron chi connectivity index (χ0n) is 19.2. The summed E-state index contributed by atoms with van der Waals surface area (Å²) in [7, 11) is -4.27. The van der Waals surface area contributed by atoms with Gasteiger partial charge in [-0.3, -0.25) is 9.62 Å². The van der Waals surface area contributed by atoms with E-state index in [1.807, 2.05) is 11.8 Å². The van der Waals surface area contributed by atoms with Crippen molar-refractivity contribution in [3.8, 4) is 5.75 Å². The van der Waals surface area contributed by atoms with E-state index in [0.29, 0.717) is 12.0 Å². The van der Waals surface area contributed by atoms with E-state index < -0.39 is 44.9 Å². The summed E-state index contributed by atoms with van der Waals surface area (Å²) in [5, 5.41) is 5.75. The van der Waals surface area contributed by atoms with Crippen LogP contribution in [-0.4, -0.2) is 55.9 Å². The zero-order valence-corrected chi connectivity index (χ0v) is 20.8. The van der Waals surface area contributed by atoms with Gasteiger partial charge in [0.2, 0.25) is 0 Å². The van der Waals surface area contributed by atoms with Crippen LogP contribution in [-0.2, 0) is 10.0 Å². The van der Waals surface area contributed by atoms with Crippen LogP contribution < -0.4 is 14.9 Å². The van der Waals surface area contributed by atoms with Crippen molar-refractivity contribution in [1.82, 2.24) is 15.3 Å². The fourth-order valence-corrected chi connectivity index (χ4v) is 7.18. The molecule has 5 atom stereocenters. The SMILES string of the molecule is CC1C=NNC1[C@H]1C[C@@H](C(F)(F)F)CCN1[C@H]1CCOc2cc(S(=O)(=O)Nc3nccs3)c(F)cc21. The quantitative estimate of drug-likeness (QED) is 0.547. The van der Waals surface area contributed by atoms with Gasteiger partial charge in [0, 0.05) is 53.8 Å². The van der Waals surface area contributed by atoms with E-state index in [1.165, 1.54) is 6.20 Å². The molecule has 2 unspecified atom stereocenters. The van der Waals surface area contributed by atoms with E-state index in [0.717, 1.165) is 23.5 Å². The molecule has 4 heterocycles. The van der Waals surface area contributed by atoms with Gasteiger partial charge in [0.15, 0.2) is 5.13 Å². The lowest BCUT2D eigenvalue weighted by Gasteiger charge is -2.48. The first-order valence-corrected chi connectivity index (χ1v) is 13.9. The predicted octanol–water partition coefficient (Wildman–Crippen LogP) is 4.14. The number of likely N-dealkylation sites (tertiary alicyclic amines) is 1. The number of thiazole rings is 1. The van der Waals surface area contributed by atoms with Crippen LogP contribution in [0, 0.1) is 17.7 Å². The van der Waals surface area contributed by atoms with Crippen LogP contribution in [0.2, 0.25) is 0 Å². The molecule has 2 N–H and O–H groups in total. The molecule has 1 aromatic heterocycles. The Morgan fingerprint density at radius 1 is 1.28 bits per heavy atom. The maximum atomic E-state index is 15.2. The number of anilines is 1. The number of halogens is 4. The van der Waals surface area contributed by atoms with Crippen molar-refractivity contribution in [3.63, 3.8) is 0 Å². The van der Waals surface area contributed by atoms with Crippen molar-refractivity contribution < 1.29 is 30.7 Å². The summed E-state index contributed by atoms with van der Waals surface area (Å²) in [5.41, 5.74) is 3.39. The highest BCUT2D eigenvalue weighted by atomic mass is 32.2. The standard InChI is InChI=1S/C22H25F4N5O3S2/c1-12-11-28-29-20(12)17-8-13(22(24,25)26)2-5-31(17)16-3-6-34-18-10-19(15(23)9-14(16)18)36(32,33)30-21-27-4-7-35-21/h4,7,9-13,16-17,20,29H,2-3,5-6,8H2,1H3,(H,27,30)/t12?,13-,16-,17+,20?/m0/s1. The van der Waals surface area contributed by atoms with Gasteiger partial charge in [-0.1, -0.05) is 6.92 Å². The lowest BCUT2D eigenvalue weighted by Crippen LogP contribution is -2.56. The van der Waals surface area contributed by atoms with E-state index in [4.69, 9.17) is 4.74 Å². The number of piperidine rings is 1. The van der Waals surface area contributed by atoms with Gasteiger partial charge in [-0.05, 0) is 25.5 Å². The van der Waals surface area contributed by atoms with Gasteiger partial charge in [0.1, 0.15) is 16.5 Å². The number of nitrogens with zero attached hydrogens (tertiary/aromatic N) is 3. The molecule has 8 nitrogen and oxygen atoms in total. The van der Waals surface area contributed by atoms with Gasteiger partial charge in [0.05, 0.1) is 18.6 Å². The summed E-state index contributed by atoms with van der Waals surface area (Å²) in [6.07, 6.45) is -0.936. The van der Waals surface area contributed by atoms with Crippen LogP contribution in [0.25, 0.3) is 0 Å². The van der Waals surface area contributed by atoms with Gasteiger partial charge in [-0.15, -0.1) is 11.3 Å². The Bertz CT molecular complexity index is 1240. The van der Waals surface area contributed by atoms with Crippen LogP contribution in [0.4, 0.5) is 22.7 Å². The van der Waals surface area contributed by atoms with Crippen LogP contribution in [0.15, 0.2) is 33.7 Å². The Morgan fingerprint density at radius 3 is 2.75 bits per heavy atom. The first-order chi connectivity index (χ1) is 17.0. The molecule has 36 heavy (non-hydrogen) atoms. The van der Waals surface area contributed by atoms with Crippen molar-refractivity contribution in [2.45, 2.75) is 55.4 Å². The molecule has 0 amide bonds. The largest absolute Gasteiger partial charge is 0.493 e. The number of ether oxygens (including phenoxy) is 1. The minimum Gasteiger partial charge on any atom is -0.493 e. The molecule has 1 saturated heterocycles. The topological polar surface area (TPSA) is 95.9 Å². The number of hydrogen-bond acceptors (Lipinski definition) is 8. The number of nitrogens with one attached hydrogen (secondary N) is 2. The third kappa shape index (κ3) is 4.77. The molecule has 0 bridgehead atoms. The highest BCUT2D eigenvalue weighted by Gasteiger charge is 2.49. The van der Waals surface area contributed by atoms with Gasteiger partial charge in [-0.2, -0.15) is 18.3 Å². The normalized spacial score (nSPS) is 28.9. The Labute approximate surface area is 209 Å². The number of sulfonamides is 1. The highest BCUT2D eigenvalue weighted by Crippen LogP contribution is 2.45. The molecule has 3 aliphatic rings. The molecule has 1 aromatic carbocycles. The van der Waals surface area contributed by atoms with Crippen molar-refractivity contribution in [2.24, 2.45) is 16.9 Å². The van der Waals surface area contributed by atoms with E-state index in [9.17, 15) is 21.6 Å². The Hall–Kier alpha value is -2.45. The number of hydrogen-bond donors (Lipinski definition) is 2. The maximum Gasteiger partial charge on any atom is 0.391 e. The van der Waals surface area contributed by atoms with Crippen molar-refractivity contribution >= 4 is 32.7 Å². The lowest BCUT2D eigenvalue weighted by atomic mass is 9.81. The van der Waals surface area contributed by atoms with E-state index >= 15 is 4.39 Å². The van der Waals surface area contributed by atoms with E-state index in [2.05, 4.69) is 20.2 Å². The fraction of sp³-hybridized carbons (Fsp3) is 0.545. The number of hydrazone groups is 1. The van der Waals surface area contributed by atoms with Gasteiger partial charge in [-0.25, -0.2) is 17.8 Å². The summed E-state index contributed by atoms with van der Waals surface area (Å²) in [4.78, 5) is 5.26. The fourth-order valence-electron chi connectivity index (χ4n) is 5.31. The molecule has 2 aromatic rings. The highest BCUT2D eigenvalue weighted by molar-refractivity contribution is 7.93. The van der Waals surface area contributed by atoms with E-state index in [1.54, 1.807) is 11.6 Å². The molecule has 5 rings (SSSR count). The Morgan fingerprint density at radius 2 is 2.08 bits per heavy atom. The molecule has 3 aliphatic heterocycles. The number of benzene rings is 1. The summed E-state index contributed by atoms with van der Waals surface area (Å²) < 4.78 is 89.7. The third-order valence-electron chi connectivity index (χ3n) is 7.08. The second-order valence-corrected chi connectivity index (χ2v) is 11.8. The van der Waals surface area contributed by atoms with Crippen molar-refractivity contribution in [3.05, 3.63) is 35.1 Å². The second-order valence-electron chi connectivity index (χ2n) is 9.28. The Kier molecular flexibility index (Phi) is 6.62. The van der Waals surface area contributed by atoms with Gasteiger partial charge < -0.3 is 10.2 Å². The molecule has 1 fully saturated rings. The average molecular weight is 548 g/mol. The first kappa shape index (κ1) is 25.2. The maximum absolute atomic E-state index is 15.2. The predicted molar refractivity (Wildman–Crippen MR) is 126 cm³/mol. The lowest BCUT2D eigenvalue weighted by molar-refractivity contribution is -0.193. The molecule has 0 spiro atoms. The van der Waals surface area contributed by atoms with Crippen LogP contribution in [0.3, 0.4) is 0 Å². The monoisotopic (exact) mass is 547 g/mol. The molecular weight excluding hydrogens is 522 g/mol. The summed E-state index contributed by atoms with van der Waals surface area (Å²) in [6, 6.07) is 1.01. The molecular formula is C22H25F4N5O3S2. The third-order valence-corrected chi connectivity index (χ3v) is 9.25. The van der Waals surface area contributed by atoms with Crippen LogP contribution in [0.1, 0.15) is 37.8 Å². The van der Waals surface area contributed by atoms with Gasteiger partial charge in [0.25, 0.3) is 10.0 Å². The Balaban J connectivity index is 1.47. The smallest absolute Gasteiger partial charge is 0.391 e. The van der Waals surface area contributed by atoms with Crippen molar-refractivity contribution in [1.29, 1.82) is 0 Å². The first-order valence-electron chi connectivity index (χ1n) is 11.5. The number of alkyl halides is 3. The summed E-state index contributed by atoms with van der Waals surface area (Å²) >= 11 is 1.05. The number of rotatable bonds is 5. The molecule has 0 aliphatic carbocycles. The molecule has 196 valence electrons. The number of aromatic nitrogens is 1. The zero-order chi connectivity index (χ0) is 25.7. The van der Waals surface area contributed by atoms with Crippen LogP contribution >= 0.6 is 11.3 Å².